The van der Waals surface area contributed by atoms with Gasteiger partial charge < -0.3 is 19.3 Å². The molecule has 8 nitrogen and oxygen atoms in total. The molecule has 4 heterocycles. The van der Waals surface area contributed by atoms with Crippen LogP contribution in [0.25, 0.3) is 0 Å². The summed E-state index contributed by atoms with van der Waals surface area (Å²) in [4.78, 5) is 18.1. The molecule has 0 saturated carbocycles. The Morgan fingerprint density at radius 3 is 3.00 bits per heavy atom. The van der Waals surface area contributed by atoms with Gasteiger partial charge in [0.05, 0.1) is 13.1 Å². The highest BCUT2D eigenvalue weighted by Gasteiger charge is 2.46. The van der Waals surface area contributed by atoms with E-state index < -0.39 is 0 Å². The summed E-state index contributed by atoms with van der Waals surface area (Å²) in [6.07, 6.45) is 3.24. The van der Waals surface area contributed by atoms with Gasteiger partial charge >= 0.3 is 6.09 Å². The van der Waals surface area contributed by atoms with Gasteiger partial charge in [-0.15, -0.1) is 0 Å². The minimum absolute atomic E-state index is 0.0949. The van der Waals surface area contributed by atoms with Crippen LogP contribution in [0.15, 0.2) is 4.52 Å². The van der Waals surface area contributed by atoms with E-state index in [2.05, 4.69) is 15.5 Å². The van der Waals surface area contributed by atoms with Crippen LogP contribution in [0.5, 0.6) is 0 Å². The third kappa shape index (κ3) is 2.56. The molecule has 3 fully saturated rings. The number of hydrogen-bond acceptors (Lipinski definition) is 7. The Labute approximate surface area is 128 Å². The highest BCUT2D eigenvalue weighted by atomic mass is 16.6. The Morgan fingerprint density at radius 2 is 2.23 bits per heavy atom. The number of nitrogens with zero attached hydrogens (tertiary/aromatic N) is 3. The van der Waals surface area contributed by atoms with Crippen molar-refractivity contribution in [3.63, 3.8) is 0 Å². The molecule has 8 heteroatoms. The highest BCUT2D eigenvalue weighted by molar-refractivity contribution is 5.70. The van der Waals surface area contributed by atoms with E-state index in [9.17, 15) is 4.79 Å². The number of nitrogens with one attached hydrogen (secondary N) is 1. The van der Waals surface area contributed by atoms with E-state index in [1.165, 1.54) is 0 Å². The third-order valence-electron chi connectivity index (χ3n) is 4.58. The average Bonchev–Trinajstić information content (AvgIpc) is 3.22. The molecule has 1 aromatic rings. The normalized spacial score (nSPS) is 27.5. The first-order chi connectivity index (χ1) is 10.7. The van der Waals surface area contributed by atoms with Gasteiger partial charge in [0, 0.05) is 19.4 Å². The van der Waals surface area contributed by atoms with Crippen molar-refractivity contribution in [2.45, 2.75) is 43.9 Å². The van der Waals surface area contributed by atoms with Crippen LogP contribution in [-0.2, 0) is 16.0 Å². The Hall–Kier alpha value is -1.67. The van der Waals surface area contributed by atoms with Gasteiger partial charge in [-0.05, 0) is 25.9 Å². The monoisotopic (exact) mass is 308 g/mol. The smallest absolute Gasteiger partial charge is 0.410 e. The van der Waals surface area contributed by atoms with E-state index in [1.54, 1.807) is 4.90 Å². The lowest BCUT2D eigenvalue weighted by molar-refractivity contribution is 0.0316. The first-order valence-electron chi connectivity index (χ1n) is 7.87. The summed E-state index contributed by atoms with van der Waals surface area (Å²) < 4.78 is 16.4. The van der Waals surface area contributed by atoms with E-state index >= 15 is 0 Å². The predicted octanol–water partition coefficient (Wildman–Crippen LogP) is 0.995. The summed E-state index contributed by atoms with van der Waals surface area (Å²) in [6, 6.07) is 0. The van der Waals surface area contributed by atoms with Gasteiger partial charge in [0.15, 0.2) is 5.82 Å². The molecule has 4 rings (SSSR count). The number of aromatic nitrogens is 2. The number of carbonyl (C=O) groups is 1. The van der Waals surface area contributed by atoms with Crippen molar-refractivity contribution >= 4 is 6.09 Å². The molecule has 1 spiro atoms. The standard InChI is InChI=1S/C14H20N4O4/c19-13-18(9-14(21-13)3-5-15-6-4-14)8-11-16-12(22-17-11)10-2-1-7-20-10/h10,15H,1-9H2/t10-/m0/s1. The molecule has 0 unspecified atom stereocenters. The fraction of sp³-hybridized carbons (Fsp3) is 0.786. The fourth-order valence-corrected chi connectivity index (χ4v) is 3.36. The maximum atomic E-state index is 12.1. The number of ether oxygens (including phenoxy) is 2. The van der Waals surface area contributed by atoms with Gasteiger partial charge in [-0.2, -0.15) is 4.98 Å². The zero-order valence-corrected chi connectivity index (χ0v) is 12.4. The van der Waals surface area contributed by atoms with E-state index in [1.807, 2.05) is 0 Å². The number of piperidine rings is 1. The van der Waals surface area contributed by atoms with E-state index in [0.29, 0.717) is 24.8 Å². The minimum Gasteiger partial charge on any atom is -0.441 e. The molecule has 0 bridgehead atoms. The molecular formula is C14H20N4O4. The van der Waals surface area contributed by atoms with Crippen molar-refractivity contribution in [3.05, 3.63) is 11.7 Å². The zero-order chi connectivity index (χ0) is 15.0. The van der Waals surface area contributed by atoms with Crippen molar-refractivity contribution in [1.82, 2.24) is 20.4 Å². The third-order valence-corrected chi connectivity index (χ3v) is 4.58. The number of amides is 1. The molecule has 1 aromatic heterocycles. The summed E-state index contributed by atoms with van der Waals surface area (Å²) in [5, 5.41) is 7.25. The number of carbonyl (C=O) groups excluding carboxylic acids is 1. The lowest BCUT2D eigenvalue weighted by Gasteiger charge is -2.31. The summed E-state index contributed by atoms with van der Waals surface area (Å²) in [6.45, 7) is 3.41. The number of rotatable bonds is 3. The molecule has 3 aliphatic heterocycles. The first kappa shape index (κ1) is 14.0. The topological polar surface area (TPSA) is 89.7 Å². The van der Waals surface area contributed by atoms with Crippen LogP contribution in [0.4, 0.5) is 4.79 Å². The number of hydrogen-bond donors (Lipinski definition) is 1. The van der Waals surface area contributed by atoms with Crippen LogP contribution in [0, 0.1) is 0 Å². The molecule has 3 saturated heterocycles. The van der Waals surface area contributed by atoms with Gasteiger partial charge in [0.25, 0.3) is 5.89 Å². The largest absolute Gasteiger partial charge is 0.441 e. The van der Waals surface area contributed by atoms with Crippen LogP contribution in [0.2, 0.25) is 0 Å². The van der Waals surface area contributed by atoms with Crippen molar-refractivity contribution < 1.29 is 18.8 Å². The van der Waals surface area contributed by atoms with Gasteiger partial charge in [-0.25, -0.2) is 4.79 Å². The van der Waals surface area contributed by atoms with Crippen molar-refractivity contribution in [2.75, 3.05) is 26.2 Å². The molecule has 0 radical (unpaired) electrons. The molecule has 0 aliphatic carbocycles. The van der Waals surface area contributed by atoms with Crippen LogP contribution in [-0.4, -0.2) is 53.0 Å². The van der Waals surface area contributed by atoms with Gasteiger partial charge in [-0.1, -0.05) is 5.16 Å². The molecule has 3 aliphatic rings. The van der Waals surface area contributed by atoms with Gasteiger partial charge in [0.2, 0.25) is 0 Å². The quantitative estimate of drug-likeness (QED) is 0.890. The Bertz CT molecular complexity index is 549. The Balaban J connectivity index is 1.41. The highest BCUT2D eigenvalue weighted by Crippen LogP contribution is 2.32. The maximum Gasteiger partial charge on any atom is 0.410 e. The van der Waals surface area contributed by atoms with E-state index in [-0.39, 0.29) is 17.8 Å². The van der Waals surface area contributed by atoms with Crippen molar-refractivity contribution in [3.8, 4) is 0 Å². The SMILES string of the molecule is O=C1OC2(CCNCC2)CN1Cc1noc([C@@H]2CCCO2)n1. The Kier molecular flexibility index (Phi) is 3.50. The molecule has 0 aromatic carbocycles. The minimum atomic E-state index is -0.344. The van der Waals surface area contributed by atoms with Crippen LogP contribution in [0.3, 0.4) is 0 Å². The molecular weight excluding hydrogens is 288 g/mol. The molecule has 120 valence electrons. The van der Waals surface area contributed by atoms with Crippen molar-refractivity contribution in [2.24, 2.45) is 0 Å². The van der Waals surface area contributed by atoms with Gasteiger partial charge in [-0.3, -0.25) is 4.90 Å². The Morgan fingerprint density at radius 1 is 1.36 bits per heavy atom. The molecule has 1 amide bonds. The molecule has 22 heavy (non-hydrogen) atoms. The fourth-order valence-electron chi connectivity index (χ4n) is 3.36. The second-order valence-electron chi connectivity index (χ2n) is 6.21. The summed E-state index contributed by atoms with van der Waals surface area (Å²) >= 11 is 0. The summed E-state index contributed by atoms with van der Waals surface area (Å²) in [5.74, 6) is 1.02. The second kappa shape index (κ2) is 5.51. The van der Waals surface area contributed by atoms with Gasteiger partial charge in [0.1, 0.15) is 11.7 Å². The van der Waals surface area contributed by atoms with Crippen molar-refractivity contribution in [1.29, 1.82) is 0 Å². The summed E-state index contributed by atoms with van der Waals surface area (Å²) in [7, 11) is 0. The molecule has 1 N–H and O–H groups in total. The van der Waals surface area contributed by atoms with E-state index in [0.717, 1.165) is 45.4 Å². The van der Waals surface area contributed by atoms with Crippen LogP contribution >= 0.6 is 0 Å². The summed E-state index contributed by atoms with van der Waals surface area (Å²) in [5.41, 5.74) is -0.344. The predicted molar refractivity (Wildman–Crippen MR) is 74.0 cm³/mol. The maximum absolute atomic E-state index is 12.1. The second-order valence-corrected chi connectivity index (χ2v) is 6.21. The zero-order valence-electron chi connectivity index (χ0n) is 12.4. The van der Waals surface area contributed by atoms with E-state index in [4.69, 9.17) is 14.0 Å². The van der Waals surface area contributed by atoms with Crippen LogP contribution < -0.4 is 5.32 Å². The lowest BCUT2D eigenvalue weighted by Crippen LogP contribution is -2.44. The average molecular weight is 308 g/mol. The lowest BCUT2D eigenvalue weighted by atomic mass is 9.92. The van der Waals surface area contributed by atoms with Crippen LogP contribution in [0.1, 0.15) is 43.5 Å². The molecule has 1 atom stereocenters. The first-order valence-corrected chi connectivity index (χ1v) is 7.87.